The minimum atomic E-state index is -0.423. The maximum absolute atomic E-state index is 12.9. The second-order valence-corrected chi connectivity index (χ2v) is 5.29. The minimum Gasteiger partial charge on any atom is -0.397 e. The van der Waals surface area contributed by atoms with Crippen molar-refractivity contribution in [1.82, 2.24) is 0 Å². The van der Waals surface area contributed by atoms with E-state index in [-0.39, 0.29) is 11.6 Å². The number of nitrogens with two attached hydrogens (primary N) is 1. The van der Waals surface area contributed by atoms with Gasteiger partial charge in [-0.05, 0) is 43.7 Å². The van der Waals surface area contributed by atoms with Crippen LogP contribution in [0.3, 0.4) is 0 Å². The molecule has 3 N–H and O–H groups in total. The van der Waals surface area contributed by atoms with Crippen LogP contribution in [0.1, 0.15) is 20.1 Å². The van der Waals surface area contributed by atoms with Crippen molar-refractivity contribution >= 4 is 28.6 Å². The van der Waals surface area contributed by atoms with Crippen LogP contribution in [-0.4, -0.2) is 5.91 Å². The Morgan fingerprint density at radius 1 is 1.33 bits per heavy atom. The molecule has 0 spiro atoms. The van der Waals surface area contributed by atoms with Gasteiger partial charge in [-0.1, -0.05) is 0 Å². The number of carbonyl (C=O) groups is 1. The van der Waals surface area contributed by atoms with Gasteiger partial charge in [0.2, 0.25) is 0 Å². The van der Waals surface area contributed by atoms with Crippen molar-refractivity contribution < 1.29 is 9.18 Å². The zero-order valence-corrected chi connectivity index (χ0v) is 10.9. The predicted octanol–water partition coefficient (Wildman–Crippen LogP) is 3.34. The van der Waals surface area contributed by atoms with Gasteiger partial charge in [0.05, 0.1) is 16.3 Å². The maximum atomic E-state index is 12.9. The Balaban J connectivity index is 2.21. The third-order valence-electron chi connectivity index (χ3n) is 2.65. The summed E-state index contributed by atoms with van der Waals surface area (Å²) >= 11 is 1.42. The Bertz CT molecular complexity index is 588. The lowest BCUT2D eigenvalue weighted by atomic mass is 10.2. The molecule has 0 saturated carbocycles. The van der Waals surface area contributed by atoms with Gasteiger partial charge in [-0.3, -0.25) is 4.79 Å². The molecule has 2 rings (SSSR count). The summed E-state index contributed by atoms with van der Waals surface area (Å²) in [4.78, 5) is 13.7. The molecule has 1 amide bonds. The first kappa shape index (κ1) is 12.6. The molecule has 0 fully saturated rings. The smallest absolute Gasteiger partial charge is 0.265 e. The number of nitrogens with one attached hydrogen (secondary N) is 1. The maximum Gasteiger partial charge on any atom is 0.265 e. The Hall–Kier alpha value is -1.88. The molecule has 1 heterocycles. The predicted molar refractivity (Wildman–Crippen MR) is 72.6 cm³/mol. The van der Waals surface area contributed by atoms with Crippen LogP contribution in [0.25, 0.3) is 0 Å². The number of hydrogen-bond acceptors (Lipinski definition) is 3. The first-order chi connectivity index (χ1) is 8.47. The molecular formula is C13H13FN2OS. The summed E-state index contributed by atoms with van der Waals surface area (Å²) in [5, 5.41) is 2.67. The van der Waals surface area contributed by atoms with Crippen molar-refractivity contribution in [2.75, 3.05) is 11.1 Å². The van der Waals surface area contributed by atoms with E-state index >= 15 is 0 Å². The third kappa shape index (κ3) is 2.51. The van der Waals surface area contributed by atoms with Crippen molar-refractivity contribution in [3.63, 3.8) is 0 Å². The molecule has 0 unspecified atom stereocenters. The van der Waals surface area contributed by atoms with Gasteiger partial charge < -0.3 is 11.1 Å². The van der Waals surface area contributed by atoms with Crippen molar-refractivity contribution in [2.45, 2.75) is 13.8 Å². The molecule has 0 aliphatic carbocycles. The van der Waals surface area contributed by atoms with Gasteiger partial charge in [0.1, 0.15) is 5.82 Å². The summed E-state index contributed by atoms with van der Waals surface area (Å²) in [7, 11) is 0. The van der Waals surface area contributed by atoms with Crippen LogP contribution in [0.2, 0.25) is 0 Å². The number of rotatable bonds is 2. The SMILES string of the molecule is Cc1cc(C(=O)Nc2ccc(F)cc2N)sc1C. The number of anilines is 2. The van der Waals surface area contributed by atoms with E-state index in [1.807, 2.05) is 19.9 Å². The minimum absolute atomic E-state index is 0.216. The van der Waals surface area contributed by atoms with Gasteiger partial charge in [-0.2, -0.15) is 0 Å². The van der Waals surface area contributed by atoms with E-state index in [1.54, 1.807) is 0 Å². The first-order valence-corrected chi connectivity index (χ1v) is 6.22. The lowest BCUT2D eigenvalue weighted by Gasteiger charge is -2.06. The molecule has 5 heteroatoms. The lowest BCUT2D eigenvalue weighted by Crippen LogP contribution is -2.11. The van der Waals surface area contributed by atoms with Gasteiger partial charge >= 0.3 is 0 Å². The Morgan fingerprint density at radius 3 is 2.61 bits per heavy atom. The first-order valence-electron chi connectivity index (χ1n) is 5.41. The van der Waals surface area contributed by atoms with Crippen LogP contribution >= 0.6 is 11.3 Å². The van der Waals surface area contributed by atoms with Gasteiger partial charge in [0.25, 0.3) is 5.91 Å². The molecule has 2 aromatic rings. The highest BCUT2D eigenvalue weighted by Crippen LogP contribution is 2.24. The fourth-order valence-corrected chi connectivity index (χ4v) is 2.45. The number of hydrogen-bond donors (Lipinski definition) is 2. The summed E-state index contributed by atoms with van der Waals surface area (Å²) in [6, 6.07) is 5.72. The van der Waals surface area contributed by atoms with Crippen molar-refractivity contribution in [1.29, 1.82) is 0 Å². The van der Waals surface area contributed by atoms with E-state index in [2.05, 4.69) is 5.32 Å². The fourth-order valence-electron chi connectivity index (χ4n) is 1.52. The molecule has 0 radical (unpaired) electrons. The van der Waals surface area contributed by atoms with E-state index in [1.165, 1.54) is 29.5 Å². The molecule has 18 heavy (non-hydrogen) atoms. The van der Waals surface area contributed by atoms with Crippen molar-refractivity contribution in [2.24, 2.45) is 0 Å². The Morgan fingerprint density at radius 2 is 2.06 bits per heavy atom. The topological polar surface area (TPSA) is 55.1 Å². The number of thiophene rings is 1. The molecule has 1 aromatic carbocycles. The number of carbonyl (C=O) groups excluding carboxylic acids is 1. The van der Waals surface area contributed by atoms with Crippen LogP contribution in [0.4, 0.5) is 15.8 Å². The average molecular weight is 264 g/mol. The van der Waals surface area contributed by atoms with Crippen LogP contribution in [0.15, 0.2) is 24.3 Å². The van der Waals surface area contributed by atoms with Crippen LogP contribution in [-0.2, 0) is 0 Å². The van der Waals surface area contributed by atoms with Crippen molar-refractivity contribution in [3.8, 4) is 0 Å². The molecule has 94 valence electrons. The highest BCUT2D eigenvalue weighted by atomic mass is 32.1. The number of nitrogen functional groups attached to an aromatic ring is 1. The number of aryl methyl sites for hydroxylation is 2. The molecule has 0 aliphatic rings. The molecule has 0 saturated heterocycles. The molecule has 3 nitrogen and oxygen atoms in total. The Labute approximate surface area is 108 Å². The van der Waals surface area contributed by atoms with E-state index in [0.717, 1.165) is 10.4 Å². The van der Waals surface area contributed by atoms with Crippen molar-refractivity contribution in [3.05, 3.63) is 45.4 Å². The quantitative estimate of drug-likeness (QED) is 0.817. The van der Waals surface area contributed by atoms with Gasteiger partial charge in [-0.15, -0.1) is 11.3 Å². The summed E-state index contributed by atoms with van der Waals surface area (Å²) in [5.41, 5.74) is 7.35. The molecule has 1 aromatic heterocycles. The van der Waals surface area contributed by atoms with Gasteiger partial charge in [0.15, 0.2) is 0 Å². The molecular weight excluding hydrogens is 251 g/mol. The number of benzene rings is 1. The average Bonchev–Trinajstić information content (AvgIpc) is 2.63. The van der Waals surface area contributed by atoms with Crippen LogP contribution < -0.4 is 11.1 Å². The summed E-state index contributed by atoms with van der Waals surface area (Å²) in [6.07, 6.45) is 0. The van der Waals surface area contributed by atoms with E-state index in [9.17, 15) is 9.18 Å². The summed E-state index contributed by atoms with van der Waals surface area (Å²) in [6.45, 7) is 3.91. The van der Waals surface area contributed by atoms with Gasteiger partial charge in [0, 0.05) is 4.88 Å². The largest absolute Gasteiger partial charge is 0.397 e. The summed E-state index contributed by atoms with van der Waals surface area (Å²) in [5.74, 6) is -0.650. The Kier molecular flexibility index (Phi) is 3.34. The number of halogens is 1. The van der Waals surface area contributed by atoms with Crippen LogP contribution in [0.5, 0.6) is 0 Å². The normalized spacial score (nSPS) is 10.4. The van der Waals surface area contributed by atoms with E-state index in [4.69, 9.17) is 5.73 Å². The van der Waals surface area contributed by atoms with E-state index in [0.29, 0.717) is 10.6 Å². The zero-order chi connectivity index (χ0) is 13.3. The molecule has 0 aliphatic heterocycles. The van der Waals surface area contributed by atoms with E-state index < -0.39 is 5.82 Å². The monoisotopic (exact) mass is 264 g/mol. The molecule has 0 bridgehead atoms. The lowest BCUT2D eigenvalue weighted by molar-refractivity contribution is 0.103. The highest BCUT2D eigenvalue weighted by Gasteiger charge is 2.12. The van der Waals surface area contributed by atoms with Gasteiger partial charge in [-0.25, -0.2) is 4.39 Å². The number of amides is 1. The second kappa shape index (κ2) is 4.78. The molecule has 0 atom stereocenters. The zero-order valence-electron chi connectivity index (χ0n) is 10.1. The van der Waals surface area contributed by atoms with Crippen LogP contribution in [0, 0.1) is 19.7 Å². The standard InChI is InChI=1S/C13H13FN2OS/c1-7-5-12(18-8(7)2)13(17)16-11-4-3-9(14)6-10(11)15/h3-6H,15H2,1-2H3,(H,16,17). The highest BCUT2D eigenvalue weighted by molar-refractivity contribution is 7.14. The summed E-state index contributed by atoms with van der Waals surface area (Å²) < 4.78 is 12.9. The second-order valence-electron chi connectivity index (χ2n) is 4.04. The fraction of sp³-hybridized carbons (Fsp3) is 0.154. The third-order valence-corrected chi connectivity index (χ3v) is 3.80.